The molecule has 140 valence electrons. The van der Waals surface area contributed by atoms with Gasteiger partial charge in [-0.15, -0.1) is 0 Å². The molecule has 1 heterocycles. The molecule has 0 unspecified atom stereocenters. The summed E-state index contributed by atoms with van der Waals surface area (Å²) in [6.45, 7) is 1.85. The molecule has 0 atom stereocenters. The van der Waals surface area contributed by atoms with E-state index in [1.54, 1.807) is 6.07 Å². The third-order valence-corrected chi connectivity index (χ3v) is 4.47. The van der Waals surface area contributed by atoms with Gasteiger partial charge in [0.1, 0.15) is 11.3 Å². The van der Waals surface area contributed by atoms with Gasteiger partial charge in [-0.05, 0) is 35.4 Å². The number of nitrogens with zero attached hydrogens (tertiary/aromatic N) is 2. The van der Waals surface area contributed by atoms with Crippen LogP contribution < -0.4 is 4.74 Å². The fraction of sp³-hybridized carbons (Fsp3) is 0.136. The largest absolute Gasteiger partial charge is 0.496 e. The number of carbonyl (C=O) groups excluding carboxylic acids is 1. The summed E-state index contributed by atoms with van der Waals surface area (Å²) in [6.07, 6.45) is 0. The summed E-state index contributed by atoms with van der Waals surface area (Å²) in [4.78, 5) is 16.9. The Morgan fingerprint density at radius 3 is 2.50 bits per heavy atom. The van der Waals surface area contributed by atoms with E-state index in [9.17, 15) is 4.79 Å². The molecule has 0 saturated heterocycles. The molecule has 0 radical (unpaired) electrons. The Labute approximate surface area is 161 Å². The Morgan fingerprint density at radius 1 is 1.04 bits per heavy atom. The van der Waals surface area contributed by atoms with Crippen molar-refractivity contribution in [2.24, 2.45) is 0 Å². The van der Waals surface area contributed by atoms with Crippen molar-refractivity contribution in [1.29, 1.82) is 0 Å². The fourth-order valence-corrected chi connectivity index (χ4v) is 3.00. The molecule has 0 aliphatic carbocycles. The van der Waals surface area contributed by atoms with Crippen LogP contribution in [0.25, 0.3) is 22.2 Å². The van der Waals surface area contributed by atoms with E-state index in [1.807, 2.05) is 61.5 Å². The van der Waals surface area contributed by atoms with Gasteiger partial charge in [-0.1, -0.05) is 53.7 Å². The topological polar surface area (TPSA) is 74.5 Å². The maximum atomic E-state index is 12.6. The highest BCUT2D eigenvalue weighted by Gasteiger charge is 2.17. The number of esters is 1. The van der Waals surface area contributed by atoms with Crippen molar-refractivity contribution in [1.82, 2.24) is 10.1 Å². The van der Waals surface area contributed by atoms with Crippen LogP contribution in [-0.4, -0.2) is 23.2 Å². The van der Waals surface area contributed by atoms with Gasteiger partial charge in [-0.3, -0.25) is 0 Å². The highest BCUT2D eigenvalue weighted by molar-refractivity contribution is 5.98. The molecule has 0 spiro atoms. The third kappa shape index (κ3) is 3.44. The van der Waals surface area contributed by atoms with Gasteiger partial charge in [-0.2, -0.15) is 4.98 Å². The summed E-state index contributed by atoms with van der Waals surface area (Å²) in [5.41, 5.74) is 2.26. The summed E-state index contributed by atoms with van der Waals surface area (Å²) in [5.74, 6) is 0.631. The molecule has 0 aliphatic heterocycles. The minimum atomic E-state index is -0.516. The molecule has 4 aromatic rings. The van der Waals surface area contributed by atoms with Crippen LogP contribution >= 0.6 is 0 Å². The SMILES string of the molecule is COc1cc2ccccc2cc1C(=O)OCc1nc(-c2ccccc2C)no1. The first-order valence-electron chi connectivity index (χ1n) is 8.78. The number of methoxy groups -OCH3 is 1. The monoisotopic (exact) mass is 374 g/mol. The lowest BCUT2D eigenvalue weighted by molar-refractivity contribution is 0.0426. The quantitative estimate of drug-likeness (QED) is 0.477. The van der Waals surface area contributed by atoms with Crippen molar-refractivity contribution < 1.29 is 18.8 Å². The number of rotatable bonds is 5. The Kier molecular flexibility index (Phi) is 4.76. The number of hydrogen-bond donors (Lipinski definition) is 0. The first kappa shape index (κ1) is 17.7. The second-order valence-electron chi connectivity index (χ2n) is 6.30. The average Bonchev–Trinajstić information content (AvgIpc) is 3.20. The lowest BCUT2D eigenvalue weighted by Crippen LogP contribution is -2.07. The molecule has 1 aromatic heterocycles. The Morgan fingerprint density at radius 2 is 1.75 bits per heavy atom. The van der Waals surface area contributed by atoms with Crippen LogP contribution in [0.2, 0.25) is 0 Å². The summed E-state index contributed by atoms with van der Waals surface area (Å²) >= 11 is 0. The molecule has 0 saturated carbocycles. The van der Waals surface area contributed by atoms with Gasteiger partial charge in [0, 0.05) is 5.56 Å². The van der Waals surface area contributed by atoms with Crippen LogP contribution in [-0.2, 0) is 11.3 Å². The zero-order chi connectivity index (χ0) is 19.5. The van der Waals surface area contributed by atoms with Crippen LogP contribution in [0.15, 0.2) is 65.2 Å². The minimum absolute atomic E-state index is 0.117. The summed E-state index contributed by atoms with van der Waals surface area (Å²) in [7, 11) is 1.52. The first-order chi connectivity index (χ1) is 13.7. The van der Waals surface area contributed by atoms with Gasteiger partial charge in [0.2, 0.25) is 5.82 Å². The second kappa shape index (κ2) is 7.52. The Balaban J connectivity index is 1.52. The lowest BCUT2D eigenvalue weighted by Gasteiger charge is -2.09. The van der Waals surface area contributed by atoms with Gasteiger partial charge >= 0.3 is 5.97 Å². The predicted molar refractivity (Wildman–Crippen MR) is 104 cm³/mol. The Bertz CT molecular complexity index is 1150. The molecule has 6 heteroatoms. The molecule has 4 rings (SSSR count). The number of benzene rings is 3. The number of carbonyl (C=O) groups is 1. The van der Waals surface area contributed by atoms with Gasteiger partial charge < -0.3 is 14.0 Å². The van der Waals surface area contributed by atoms with E-state index in [-0.39, 0.29) is 12.5 Å². The maximum Gasteiger partial charge on any atom is 0.342 e. The molecule has 6 nitrogen and oxygen atoms in total. The van der Waals surface area contributed by atoms with E-state index in [4.69, 9.17) is 14.0 Å². The molecular formula is C22H18N2O4. The average molecular weight is 374 g/mol. The molecule has 0 amide bonds. The number of hydrogen-bond acceptors (Lipinski definition) is 6. The predicted octanol–water partition coefficient (Wildman–Crippen LogP) is 4.56. The van der Waals surface area contributed by atoms with Crippen LogP contribution in [0.4, 0.5) is 0 Å². The van der Waals surface area contributed by atoms with E-state index < -0.39 is 5.97 Å². The molecule has 0 aliphatic rings. The summed E-state index contributed by atoms with van der Waals surface area (Å²) in [6, 6.07) is 19.0. The van der Waals surface area contributed by atoms with Crippen molar-refractivity contribution in [2.75, 3.05) is 7.11 Å². The maximum absolute atomic E-state index is 12.6. The van der Waals surface area contributed by atoms with Gasteiger partial charge in [0.05, 0.1) is 7.11 Å². The highest BCUT2D eigenvalue weighted by Crippen LogP contribution is 2.27. The van der Waals surface area contributed by atoms with E-state index in [0.717, 1.165) is 21.9 Å². The third-order valence-electron chi connectivity index (χ3n) is 4.47. The number of aryl methyl sites for hydroxylation is 1. The van der Waals surface area contributed by atoms with Crippen LogP contribution in [0.5, 0.6) is 5.75 Å². The van der Waals surface area contributed by atoms with Crippen molar-refractivity contribution in [3.63, 3.8) is 0 Å². The van der Waals surface area contributed by atoms with Gasteiger partial charge in [0.25, 0.3) is 5.89 Å². The lowest BCUT2D eigenvalue weighted by atomic mass is 10.1. The van der Waals surface area contributed by atoms with E-state index >= 15 is 0 Å². The Hall–Kier alpha value is -3.67. The minimum Gasteiger partial charge on any atom is -0.496 e. The molecule has 0 fully saturated rings. The van der Waals surface area contributed by atoms with Gasteiger partial charge in [0.15, 0.2) is 6.61 Å². The van der Waals surface area contributed by atoms with Crippen LogP contribution in [0, 0.1) is 6.92 Å². The van der Waals surface area contributed by atoms with Crippen molar-refractivity contribution in [3.8, 4) is 17.1 Å². The van der Waals surface area contributed by atoms with Crippen molar-refractivity contribution in [2.45, 2.75) is 13.5 Å². The van der Waals surface area contributed by atoms with E-state index in [1.165, 1.54) is 7.11 Å². The molecule has 28 heavy (non-hydrogen) atoms. The first-order valence-corrected chi connectivity index (χ1v) is 8.78. The zero-order valence-corrected chi connectivity index (χ0v) is 15.5. The summed E-state index contributed by atoms with van der Waals surface area (Å²) in [5, 5.41) is 5.88. The highest BCUT2D eigenvalue weighted by atomic mass is 16.6. The normalized spacial score (nSPS) is 10.8. The van der Waals surface area contributed by atoms with Crippen LogP contribution in [0.3, 0.4) is 0 Å². The standard InChI is InChI=1S/C22H18N2O4/c1-14-7-3-6-10-17(14)21-23-20(28-24-21)13-27-22(25)18-11-15-8-4-5-9-16(15)12-19(18)26-2/h3-12H,13H2,1-2H3. The number of fused-ring (bicyclic) bond motifs is 1. The van der Waals surface area contributed by atoms with Gasteiger partial charge in [-0.25, -0.2) is 4.79 Å². The molecule has 0 bridgehead atoms. The van der Waals surface area contributed by atoms with E-state index in [0.29, 0.717) is 17.1 Å². The smallest absolute Gasteiger partial charge is 0.342 e. The second-order valence-corrected chi connectivity index (χ2v) is 6.30. The molecule has 3 aromatic carbocycles. The number of aromatic nitrogens is 2. The summed E-state index contributed by atoms with van der Waals surface area (Å²) < 4.78 is 15.9. The van der Waals surface area contributed by atoms with Crippen LogP contribution in [0.1, 0.15) is 21.8 Å². The molecule has 0 N–H and O–H groups in total. The molecular weight excluding hydrogens is 356 g/mol. The zero-order valence-electron chi connectivity index (χ0n) is 15.5. The number of ether oxygens (including phenoxy) is 2. The fourth-order valence-electron chi connectivity index (χ4n) is 3.00. The van der Waals surface area contributed by atoms with E-state index in [2.05, 4.69) is 10.1 Å². The van der Waals surface area contributed by atoms with Crippen molar-refractivity contribution >= 4 is 16.7 Å². The van der Waals surface area contributed by atoms with Crippen molar-refractivity contribution in [3.05, 3.63) is 77.7 Å².